The van der Waals surface area contributed by atoms with E-state index < -0.39 is 0 Å². The molecule has 0 heterocycles. The van der Waals surface area contributed by atoms with Gasteiger partial charge in [-0.2, -0.15) is 0 Å². The van der Waals surface area contributed by atoms with Crippen molar-refractivity contribution >= 4 is 11.6 Å². The maximum absolute atomic E-state index is 12.1. The number of carbonyl (C=O) groups excluding carboxylic acids is 2. The van der Waals surface area contributed by atoms with Crippen LogP contribution in [-0.4, -0.2) is 30.6 Å². The fraction of sp³-hybridized carbons (Fsp3) is 0.733. The summed E-state index contributed by atoms with van der Waals surface area (Å²) in [4.78, 5) is 25.9. The molecule has 0 bridgehead atoms. The summed E-state index contributed by atoms with van der Waals surface area (Å²) in [5, 5.41) is 0. The highest BCUT2D eigenvalue weighted by atomic mass is 16.1. The second kappa shape index (κ2) is 5.68. The van der Waals surface area contributed by atoms with E-state index in [1.807, 2.05) is 14.1 Å². The Morgan fingerprint density at radius 2 is 1.50 bits per heavy atom. The van der Waals surface area contributed by atoms with Gasteiger partial charge in [-0.3, -0.25) is 9.59 Å². The standard InChI is InChI=1S/C15H23NO2/c1-16(2)10-13-14(17)8-12(9-15(13)18)11-6-4-3-5-7-11/h10-12H,3-9H2,1-2H3. The Morgan fingerprint density at radius 3 is 2.00 bits per heavy atom. The minimum Gasteiger partial charge on any atom is -0.383 e. The number of rotatable bonds is 2. The second-order valence-electron chi connectivity index (χ2n) is 5.92. The Hall–Kier alpha value is -1.12. The third-order valence-corrected chi connectivity index (χ3v) is 4.20. The number of allylic oxidation sites excluding steroid dienone is 1. The zero-order chi connectivity index (χ0) is 13.1. The van der Waals surface area contributed by atoms with Gasteiger partial charge in [-0.25, -0.2) is 0 Å². The molecular weight excluding hydrogens is 226 g/mol. The van der Waals surface area contributed by atoms with E-state index in [0.29, 0.717) is 30.3 Å². The van der Waals surface area contributed by atoms with Crippen molar-refractivity contribution in [1.82, 2.24) is 4.90 Å². The fourth-order valence-corrected chi connectivity index (χ4v) is 3.26. The van der Waals surface area contributed by atoms with E-state index in [1.165, 1.54) is 32.1 Å². The minimum atomic E-state index is 0.0514. The molecule has 3 heteroatoms. The Kier molecular flexibility index (Phi) is 4.20. The van der Waals surface area contributed by atoms with E-state index in [-0.39, 0.29) is 11.6 Å². The van der Waals surface area contributed by atoms with Gasteiger partial charge in [-0.05, 0) is 11.8 Å². The van der Waals surface area contributed by atoms with Crippen molar-refractivity contribution < 1.29 is 9.59 Å². The largest absolute Gasteiger partial charge is 0.383 e. The van der Waals surface area contributed by atoms with E-state index in [1.54, 1.807) is 11.1 Å². The first-order chi connectivity index (χ1) is 8.58. The summed E-state index contributed by atoms with van der Waals surface area (Å²) in [5.41, 5.74) is 0.409. The van der Waals surface area contributed by atoms with Crippen molar-refractivity contribution in [3.05, 3.63) is 11.8 Å². The first-order valence-electron chi connectivity index (χ1n) is 7.02. The summed E-state index contributed by atoms with van der Waals surface area (Å²) in [6.07, 6.45) is 9.11. The van der Waals surface area contributed by atoms with Crippen LogP contribution in [-0.2, 0) is 9.59 Å². The molecule has 2 aliphatic rings. The fourth-order valence-electron chi connectivity index (χ4n) is 3.26. The number of nitrogens with zero attached hydrogens (tertiary/aromatic N) is 1. The van der Waals surface area contributed by atoms with Crippen LogP contribution in [0.3, 0.4) is 0 Å². The van der Waals surface area contributed by atoms with Gasteiger partial charge in [0.1, 0.15) is 0 Å². The van der Waals surface area contributed by atoms with E-state index in [4.69, 9.17) is 0 Å². The molecule has 0 aromatic heterocycles. The third kappa shape index (κ3) is 3.01. The van der Waals surface area contributed by atoms with Crippen molar-refractivity contribution in [2.45, 2.75) is 44.9 Å². The molecule has 2 rings (SSSR count). The lowest BCUT2D eigenvalue weighted by Crippen LogP contribution is -2.32. The molecule has 3 nitrogen and oxygen atoms in total. The van der Waals surface area contributed by atoms with Crippen LogP contribution >= 0.6 is 0 Å². The molecule has 0 radical (unpaired) electrons. The number of carbonyl (C=O) groups is 2. The van der Waals surface area contributed by atoms with Gasteiger partial charge in [0, 0.05) is 33.1 Å². The Morgan fingerprint density at radius 1 is 0.944 bits per heavy atom. The van der Waals surface area contributed by atoms with Crippen LogP contribution in [0.4, 0.5) is 0 Å². The summed E-state index contributed by atoms with van der Waals surface area (Å²) in [6.45, 7) is 0. The summed E-state index contributed by atoms with van der Waals surface area (Å²) in [7, 11) is 3.70. The van der Waals surface area contributed by atoms with E-state index in [2.05, 4.69) is 0 Å². The molecule has 2 fully saturated rings. The van der Waals surface area contributed by atoms with Crippen molar-refractivity contribution in [3.8, 4) is 0 Å². The highest BCUT2D eigenvalue weighted by molar-refractivity contribution is 6.21. The maximum Gasteiger partial charge on any atom is 0.168 e. The average molecular weight is 249 g/mol. The Bertz CT molecular complexity index is 345. The summed E-state index contributed by atoms with van der Waals surface area (Å²) in [5.74, 6) is 1.02. The normalized spacial score (nSPS) is 26.3. The second-order valence-corrected chi connectivity index (χ2v) is 5.92. The zero-order valence-electron chi connectivity index (χ0n) is 11.4. The monoisotopic (exact) mass is 249 g/mol. The van der Waals surface area contributed by atoms with Crippen LogP contribution in [0.2, 0.25) is 0 Å². The molecule has 0 spiro atoms. The van der Waals surface area contributed by atoms with Gasteiger partial charge in [0.25, 0.3) is 0 Å². The molecule has 18 heavy (non-hydrogen) atoms. The van der Waals surface area contributed by atoms with E-state index >= 15 is 0 Å². The SMILES string of the molecule is CN(C)C=C1C(=O)CC(C2CCCCC2)CC1=O. The molecule has 2 saturated carbocycles. The summed E-state index contributed by atoms with van der Waals surface area (Å²) < 4.78 is 0. The molecular formula is C15H23NO2. The smallest absolute Gasteiger partial charge is 0.168 e. The molecule has 0 unspecified atom stereocenters. The van der Waals surface area contributed by atoms with Crippen LogP contribution in [0.15, 0.2) is 11.8 Å². The molecule has 0 atom stereocenters. The van der Waals surface area contributed by atoms with Crippen LogP contribution < -0.4 is 0 Å². The molecule has 0 aromatic rings. The number of hydrogen-bond acceptors (Lipinski definition) is 3. The van der Waals surface area contributed by atoms with Gasteiger partial charge < -0.3 is 4.90 Å². The number of hydrogen-bond donors (Lipinski definition) is 0. The van der Waals surface area contributed by atoms with Gasteiger partial charge in [0.05, 0.1) is 5.57 Å². The zero-order valence-corrected chi connectivity index (χ0v) is 11.4. The van der Waals surface area contributed by atoms with Gasteiger partial charge >= 0.3 is 0 Å². The lowest BCUT2D eigenvalue weighted by molar-refractivity contribution is -0.126. The van der Waals surface area contributed by atoms with Crippen LogP contribution in [0.1, 0.15) is 44.9 Å². The number of Topliss-reactive ketones (excluding diaryl/α,β-unsaturated/α-hetero) is 2. The van der Waals surface area contributed by atoms with Crippen LogP contribution in [0.5, 0.6) is 0 Å². The molecule has 0 aromatic carbocycles. The maximum atomic E-state index is 12.1. The molecule has 0 saturated heterocycles. The van der Waals surface area contributed by atoms with Crippen molar-refractivity contribution in [1.29, 1.82) is 0 Å². The van der Waals surface area contributed by atoms with Crippen molar-refractivity contribution in [3.63, 3.8) is 0 Å². The highest BCUT2D eigenvalue weighted by Gasteiger charge is 2.35. The predicted octanol–water partition coefficient (Wildman–Crippen LogP) is 2.56. The van der Waals surface area contributed by atoms with Gasteiger partial charge in [-0.15, -0.1) is 0 Å². The quantitative estimate of drug-likeness (QED) is 0.557. The first-order valence-corrected chi connectivity index (χ1v) is 7.02. The van der Waals surface area contributed by atoms with E-state index in [0.717, 1.165) is 0 Å². The van der Waals surface area contributed by atoms with Crippen LogP contribution in [0, 0.1) is 11.8 Å². The van der Waals surface area contributed by atoms with Gasteiger partial charge in [0.15, 0.2) is 11.6 Å². The van der Waals surface area contributed by atoms with Crippen molar-refractivity contribution in [2.24, 2.45) is 11.8 Å². The molecule has 0 N–H and O–H groups in total. The van der Waals surface area contributed by atoms with Crippen LogP contribution in [0.25, 0.3) is 0 Å². The highest BCUT2D eigenvalue weighted by Crippen LogP contribution is 2.37. The third-order valence-electron chi connectivity index (χ3n) is 4.20. The van der Waals surface area contributed by atoms with Gasteiger partial charge in [-0.1, -0.05) is 32.1 Å². The lowest BCUT2D eigenvalue weighted by atomic mass is 9.71. The number of ketones is 2. The molecule has 0 amide bonds. The van der Waals surface area contributed by atoms with E-state index in [9.17, 15) is 9.59 Å². The lowest BCUT2D eigenvalue weighted by Gasteiger charge is -2.32. The Labute approximate surface area is 109 Å². The molecule has 2 aliphatic carbocycles. The first kappa shape index (κ1) is 13.3. The average Bonchev–Trinajstić information content (AvgIpc) is 2.34. The van der Waals surface area contributed by atoms with Crippen molar-refractivity contribution in [2.75, 3.05) is 14.1 Å². The molecule has 0 aliphatic heterocycles. The minimum absolute atomic E-state index is 0.0514. The predicted molar refractivity (Wildman–Crippen MR) is 71.1 cm³/mol. The Balaban J connectivity index is 2.04. The molecule has 100 valence electrons. The van der Waals surface area contributed by atoms with Gasteiger partial charge in [0.2, 0.25) is 0 Å². The summed E-state index contributed by atoms with van der Waals surface area (Å²) in [6, 6.07) is 0. The topological polar surface area (TPSA) is 37.4 Å². The summed E-state index contributed by atoms with van der Waals surface area (Å²) >= 11 is 0.